The van der Waals surface area contributed by atoms with Crippen LogP contribution in [0.4, 0.5) is 0 Å². The largest absolute Gasteiger partial charge is 0.490 e. The third kappa shape index (κ3) is 4.86. The van der Waals surface area contributed by atoms with Crippen LogP contribution >= 0.6 is 0 Å². The van der Waals surface area contributed by atoms with Gasteiger partial charge in [0.1, 0.15) is 17.6 Å². The Kier molecular flexibility index (Phi) is 5.76. The summed E-state index contributed by atoms with van der Waals surface area (Å²) in [5.41, 5.74) is 0.582. The Morgan fingerprint density at radius 1 is 1.28 bits per heavy atom. The minimum Gasteiger partial charge on any atom is -0.490 e. The second-order valence-corrected chi connectivity index (χ2v) is 6.69. The van der Waals surface area contributed by atoms with Gasteiger partial charge in [0.25, 0.3) is 5.91 Å². The lowest BCUT2D eigenvalue weighted by atomic mass is 10.1. The molecule has 0 radical (unpaired) electrons. The van der Waals surface area contributed by atoms with Crippen molar-refractivity contribution in [3.05, 3.63) is 54.0 Å². The number of benzene rings is 1. The molecule has 1 aromatic carbocycles. The molecule has 0 saturated heterocycles. The number of carbonyl (C=O) groups is 1. The molecule has 1 aromatic heterocycles. The summed E-state index contributed by atoms with van der Waals surface area (Å²) in [6.45, 7) is 1.86. The molecular formula is C20H25NO4. The van der Waals surface area contributed by atoms with Gasteiger partial charge >= 0.3 is 0 Å². The van der Waals surface area contributed by atoms with E-state index in [1.165, 1.54) is 19.1 Å². The highest BCUT2D eigenvalue weighted by Gasteiger charge is 2.18. The van der Waals surface area contributed by atoms with Crippen molar-refractivity contribution >= 4 is 5.91 Å². The molecule has 25 heavy (non-hydrogen) atoms. The molecule has 2 aromatic rings. The lowest BCUT2D eigenvalue weighted by molar-refractivity contribution is 0.0903. The van der Waals surface area contributed by atoms with Crippen molar-refractivity contribution in [2.24, 2.45) is 0 Å². The molecule has 2 unspecified atom stereocenters. The first-order chi connectivity index (χ1) is 12.1. The van der Waals surface area contributed by atoms with Crippen LogP contribution in [0.5, 0.6) is 5.75 Å². The van der Waals surface area contributed by atoms with Crippen LogP contribution in [0.1, 0.15) is 61.3 Å². The summed E-state index contributed by atoms with van der Waals surface area (Å²) in [7, 11) is 0. The van der Waals surface area contributed by atoms with E-state index in [-0.39, 0.29) is 11.9 Å². The molecule has 5 heteroatoms. The van der Waals surface area contributed by atoms with Gasteiger partial charge in [-0.25, -0.2) is 0 Å². The number of aliphatic hydroxyl groups is 1. The molecule has 2 N–H and O–H groups in total. The quantitative estimate of drug-likeness (QED) is 0.801. The van der Waals surface area contributed by atoms with Gasteiger partial charge in [0.05, 0.1) is 12.4 Å². The summed E-state index contributed by atoms with van der Waals surface area (Å²) in [6.07, 6.45) is 6.17. The monoisotopic (exact) mass is 343 g/mol. The summed E-state index contributed by atoms with van der Waals surface area (Å²) >= 11 is 0. The minimum atomic E-state index is -0.729. The molecule has 2 atom stereocenters. The van der Waals surface area contributed by atoms with Gasteiger partial charge in [-0.05, 0) is 69.0 Å². The van der Waals surface area contributed by atoms with E-state index in [0.717, 1.165) is 18.6 Å². The molecule has 1 amide bonds. The Morgan fingerprint density at radius 3 is 2.64 bits per heavy atom. The van der Waals surface area contributed by atoms with E-state index in [2.05, 4.69) is 5.32 Å². The smallest absolute Gasteiger partial charge is 0.251 e. The molecule has 1 saturated carbocycles. The maximum Gasteiger partial charge on any atom is 0.251 e. The van der Waals surface area contributed by atoms with E-state index in [9.17, 15) is 9.90 Å². The van der Waals surface area contributed by atoms with Gasteiger partial charge in [-0.15, -0.1) is 0 Å². The van der Waals surface area contributed by atoms with E-state index in [0.29, 0.717) is 23.8 Å². The number of furan rings is 1. The fraction of sp³-hybridized carbons (Fsp3) is 0.450. The predicted molar refractivity (Wildman–Crippen MR) is 94.5 cm³/mol. The third-order valence-electron chi connectivity index (χ3n) is 4.55. The van der Waals surface area contributed by atoms with Gasteiger partial charge < -0.3 is 19.6 Å². The number of carbonyl (C=O) groups excluding carboxylic acids is 1. The maximum atomic E-state index is 12.3. The van der Waals surface area contributed by atoms with Crippen LogP contribution in [0.2, 0.25) is 0 Å². The van der Waals surface area contributed by atoms with Crippen LogP contribution in [0.25, 0.3) is 0 Å². The minimum absolute atomic E-state index is 0.161. The highest BCUT2D eigenvalue weighted by Crippen LogP contribution is 2.24. The number of nitrogens with one attached hydrogen (secondary N) is 1. The zero-order chi connectivity index (χ0) is 17.6. The normalized spacial score (nSPS) is 17.2. The number of ether oxygens (including phenoxy) is 1. The van der Waals surface area contributed by atoms with Crippen molar-refractivity contribution in [3.8, 4) is 5.75 Å². The average Bonchev–Trinajstić information content (AvgIpc) is 3.29. The van der Waals surface area contributed by atoms with Gasteiger partial charge in [0.15, 0.2) is 0 Å². The first-order valence-electron chi connectivity index (χ1n) is 8.91. The Morgan fingerprint density at radius 2 is 2.00 bits per heavy atom. The van der Waals surface area contributed by atoms with Crippen molar-refractivity contribution in [1.29, 1.82) is 0 Å². The Hall–Kier alpha value is -2.27. The maximum absolute atomic E-state index is 12.3. The standard InChI is InChI=1S/C20H25NO4/c1-14(13-18(22)19-7-4-12-24-19)21-20(23)15-8-10-17(11-9-15)25-16-5-2-3-6-16/h4,7-12,14,16,18,22H,2-3,5-6,13H2,1H3,(H,21,23). The van der Waals surface area contributed by atoms with Gasteiger partial charge in [0, 0.05) is 18.0 Å². The molecule has 0 bridgehead atoms. The number of hydrogen-bond donors (Lipinski definition) is 2. The molecule has 0 spiro atoms. The van der Waals surface area contributed by atoms with Crippen LogP contribution in [0, 0.1) is 0 Å². The second-order valence-electron chi connectivity index (χ2n) is 6.69. The Labute approximate surface area is 148 Å². The van der Waals surface area contributed by atoms with Crippen LogP contribution < -0.4 is 10.1 Å². The van der Waals surface area contributed by atoms with Crippen molar-refractivity contribution in [2.45, 2.75) is 57.3 Å². The van der Waals surface area contributed by atoms with E-state index < -0.39 is 6.10 Å². The topological polar surface area (TPSA) is 71.7 Å². The van der Waals surface area contributed by atoms with Gasteiger partial charge in [-0.3, -0.25) is 4.79 Å². The Bertz CT molecular complexity index is 660. The summed E-state index contributed by atoms with van der Waals surface area (Å²) in [5.74, 6) is 1.16. The summed E-state index contributed by atoms with van der Waals surface area (Å²) < 4.78 is 11.1. The summed E-state index contributed by atoms with van der Waals surface area (Å²) in [5, 5.41) is 13.0. The van der Waals surface area contributed by atoms with E-state index in [1.807, 2.05) is 19.1 Å². The molecule has 3 rings (SSSR count). The molecule has 1 aliphatic carbocycles. The zero-order valence-electron chi connectivity index (χ0n) is 14.5. The molecule has 0 aliphatic heterocycles. The first-order valence-corrected chi connectivity index (χ1v) is 8.91. The molecule has 1 fully saturated rings. The molecular weight excluding hydrogens is 318 g/mol. The van der Waals surface area contributed by atoms with Crippen LogP contribution in [0.15, 0.2) is 47.1 Å². The van der Waals surface area contributed by atoms with Crippen molar-refractivity contribution < 1.29 is 19.1 Å². The lowest BCUT2D eigenvalue weighted by Gasteiger charge is -2.17. The van der Waals surface area contributed by atoms with Gasteiger partial charge in [-0.1, -0.05) is 0 Å². The zero-order valence-corrected chi connectivity index (χ0v) is 14.5. The van der Waals surface area contributed by atoms with E-state index in [4.69, 9.17) is 9.15 Å². The fourth-order valence-electron chi connectivity index (χ4n) is 3.18. The van der Waals surface area contributed by atoms with Crippen LogP contribution in [0.3, 0.4) is 0 Å². The van der Waals surface area contributed by atoms with Crippen molar-refractivity contribution in [3.63, 3.8) is 0 Å². The highest BCUT2D eigenvalue weighted by atomic mass is 16.5. The van der Waals surface area contributed by atoms with Crippen LogP contribution in [-0.2, 0) is 0 Å². The third-order valence-corrected chi connectivity index (χ3v) is 4.55. The highest BCUT2D eigenvalue weighted by molar-refractivity contribution is 5.94. The molecule has 1 heterocycles. The number of aliphatic hydroxyl groups excluding tert-OH is 1. The van der Waals surface area contributed by atoms with Crippen molar-refractivity contribution in [1.82, 2.24) is 5.32 Å². The SMILES string of the molecule is CC(CC(O)c1ccco1)NC(=O)c1ccc(OC2CCCC2)cc1. The van der Waals surface area contributed by atoms with E-state index in [1.54, 1.807) is 24.3 Å². The first kappa shape index (κ1) is 17.5. The van der Waals surface area contributed by atoms with Gasteiger partial charge in [0.2, 0.25) is 0 Å². The van der Waals surface area contributed by atoms with Crippen LogP contribution in [-0.4, -0.2) is 23.2 Å². The van der Waals surface area contributed by atoms with Gasteiger partial charge in [-0.2, -0.15) is 0 Å². The summed E-state index contributed by atoms with van der Waals surface area (Å²) in [4.78, 5) is 12.3. The Balaban J connectivity index is 1.50. The predicted octanol–water partition coefficient (Wildman–Crippen LogP) is 3.84. The number of rotatable bonds is 7. The average molecular weight is 343 g/mol. The second kappa shape index (κ2) is 8.21. The fourth-order valence-corrected chi connectivity index (χ4v) is 3.18. The molecule has 134 valence electrons. The molecule has 5 nitrogen and oxygen atoms in total. The summed E-state index contributed by atoms with van der Waals surface area (Å²) in [6, 6.07) is 10.5. The van der Waals surface area contributed by atoms with Crippen molar-refractivity contribution in [2.75, 3.05) is 0 Å². The lowest BCUT2D eigenvalue weighted by Crippen LogP contribution is -2.33. The number of hydrogen-bond acceptors (Lipinski definition) is 4. The molecule has 1 aliphatic rings. The van der Waals surface area contributed by atoms with E-state index >= 15 is 0 Å². The number of amides is 1.